The monoisotopic (exact) mass is 458 g/mol. The number of amides is 1. The molecule has 1 heterocycles. The second kappa shape index (κ2) is 9.19. The van der Waals surface area contributed by atoms with Crippen LogP contribution in [0.2, 0.25) is 0 Å². The summed E-state index contributed by atoms with van der Waals surface area (Å²) in [6, 6.07) is 4.21. The molecule has 6 heteroatoms. The van der Waals surface area contributed by atoms with Gasteiger partial charge in [0.1, 0.15) is 11.1 Å². The number of carbonyl (C=O) groups is 1. The molecule has 0 aliphatic carbocycles. The highest BCUT2D eigenvalue weighted by atomic mass is 79.9. The lowest BCUT2D eigenvalue weighted by Crippen LogP contribution is -2.31. The Morgan fingerprint density at radius 2 is 1.67 bits per heavy atom. The number of carbonyl (C=O) groups excluding carboxylic acids is 1. The van der Waals surface area contributed by atoms with Crippen LogP contribution in [0.15, 0.2) is 12.1 Å². The van der Waals surface area contributed by atoms with E-state index in [-0.39, 0.29) is 39.1 Å². The van der Waals surface area contributed by atoms with Crippen molar-refractivity contribution in [2.75, 3.05) is 25.9 Å². The fourth-order valence-corrected chi connectivity index (χ4v) is 4.54. The third-order valence-electron chi connectivity index (χ3n) is 4.83. The summed E-state index contributed by atoms with van der Waals surface area (Å²) in [4.78, 5) is 14.4. The summed E-state index contributed by atoms with van der Waals surface area (Å²) in [5, 5.41) is 14.1. The van der Waals surface area contributed by atoms with E-state index in [1.165, 1.54) is 0 Å². The van der Waals surface area contributed by atoms with Gasteiger partial charge in [0.25, 0.3) is 0 Å². The van der Waals surface area contributed by atoms with E-state index in [4.69, 9.17) is 0 Å². The summed E-state index contributed by atoms with van der Waals surface area (Å²) in [5.41, 5.74) is 2.71. The quantitative estimate of drug-likeness (QED) is 0.624. The van der Waals surface area contributed by atoms with E-state index in [1.807, 2.05) is 11.9 Å². The molecule has 0 saturated carbocycles. The van der Waals surface area contributed by atoms with E-state index in [1.54, 1.807) is 11.8 Å². The van der Waals surface area contributed by atoms with Crippen LogP contribution in [-0.2, 0) is 15.6 Å². The van der Waals surface area contributed by atoms with Crippen LogP contribution >= 0.6 is 28.7 Å². The van der Waals surface area contributed by atoms with E-state index >= 15 is 0 Å². The van der Waals surface area contributed by atoms with Crippen molar-refractivity contribution in [2.24, 2.45) is 0 Å². The van der Waals surface area contributed by atoms with Crippen LogP contribution in [0.3, 0.4) is 0 Å². The van der Waals surface area contributed by atoms with Gasteiger partial charge in [-0.2, -0.15) is 0 Å². The lowest BCUT2D eigenvalue weighted by Gasteiger charge is -2.31. The van der Waals surface area contributed by atoms with Crippen molar-refractivity contribution in [2.45, 2.75) is 64.2 Å². The van der Waals surface area contributed by atoms with Gasteiger partial charge in [-0.25, -0.2) is 0 Å². The van der Waals surface area contributed by atoms with Gasteiger partial charge in [0.2, 0.25) is 5.91 Å². The average molecular weight is 459 g/mol. The molecule has 0 bridgehead atoms. The number of thioether (sulfide) groups is 1. The van der Waals surface area contributed by atoms with Gasteiger partial charge in [-0.15, -0.1) is 28.7 Å². The van der Waals surface area contributed by atoms with Crippen LogP contribution in [0, 0.1) is 0 Å². The zero-order valence-electron chi connectivity index (χ0n) is 17.7. The van der Waals surface area contributed by atoms with Gasteiger partial charge < -0.3 is 15.3 Å². The maximum absolute atomic E-state index is 12.4. The molecule has 1 aromatic carbocycles. The molecule has 4 nitrogen and oxygen atoms in total. The maximum Gasteiger partial charge on any atom is 0.233 e. The number of benzene rings is 1. The molecule has 0 radical (unpaired) electrons. The highest BCUT2D eigenvalue weighted by Gasteiger charge is 2.35. The van der Waals surface area contributed by atoms with E-state index in [0.717, 1.165) is 36.2 Å². The van der Waals surface area contributed by atoms with Gasteiger partial charge in [-0.3, -0.25) is 4.79 Å². The molecule has 2 N–H and O–H groups in total. The minimum Gasteiger partial charge on any atom is -0.507 e. The topological polar surface area (TPSA) is 52.6 Å². The summed E-state index contributed by atoms with van der Waals surface area (Å²) < 4.78 is 0. The van der Waals surface area contributed by atoms with Crippen molar-refractivity contribution in [3.05, 3.63) is 28.8 Å². The van der Waals surface area contributed by atoms with Crippen LogP contribution in [-0.4, -0.2) is 41.8 Å². The first kappa shape index (κ1) is 24.3. The lowest BCUT2D eigenvalue weighted by molar-refractivity contribution is -0.128. The van der Waals surface area contributed by atoms with Gasteiger partial charge in [0.15, 0.2) is 0 Å². The second-order valence-corrected chi connectivity index (χ2v) is 10.2. The Hall–Kier alpha value is -0.720. The molecule has 154 valence electrons. The molecular formula is C21H35BrN2O2S. The van der Waals surface area contributed by atoms with Crippen LogP contribution in [0.25, 0.3) is 0 Å². The molecule has 1 aliphatic heterocycles. The van der Waals surface area contributed by atoms with Crippen molar-refractivity contribution in [1.29, 1.82) is 0 Å². The predicted octanol–water partition coefficient (Wildman–Crippen LogP) is 4.75. The Balaban J connectivity index is 0.00000364. The molecule has 1 fully saturated rings. The summed E-state index contributed by atoms with van der Waals surface area (Å²) in [5.74, 6) is 1.13. The number of halogens is 1. The second-order valence-electron chi connectivity index (χ2n) is 9.17. The van der Waals surface area contributed by atoms with E-state index < -0.39 is 0 Å². The number of aromatic hydroxyl groups is 1. The average Bonchev–Trinajstić information content (AvgIpc) is 2.87. The minimum atomic E-state index is -0.162. The Morgan fingerprint density at radius 3 is 2.11 bits per heavy atom. The predicted molar refractivity (Wildman–Crippen MR) is 121 cm³/mol. The molecule has 1 saturated heterocycles. The number of rotatable bonds is 5. The molecule has 2 rings (SSSR count). The standard InChI is InChI=1S/C21H34N2O2S.BrH/c1-20(2,3)15-11-14(12-16(18(15)25)21(4,5)6)19-23(10-8-9-22-7)17(24)13-26-19;/h11-12,19,22,25H,8-10,13H2,1-7H3;1H. The van der Waals surface area contributed by atoms with Gasteiger partial charge in [-0.1, -0.05) is 41.5 Å². The van der Waals surface area contributed by atoms with Crippen molar-refractivity contribution in [1.82, 2.24) is 10.2 Å². The lowest BCUT2D eigenvalue weighted by atomic mass is 9.78. The van der Waals surface area contributed by atoms with Crippen molar-refractivity contribution >= 4 is 34.7 Å². The van der Waals surface area contributed by atoms with Crippen LogP contribution in [0.1, 0.15) is 70.0 Å². The maximum atomic E-state index is 12.4. The molecule has 1 amide bonds. The molecule has 0 aromatic heterocycles. The molecule has 1 unspecified atom stereocenters. The minimum absolute atomic E-state index is 0. The number of hydrogen-bond acceptors (Lipinski definition) is 4. The number of hydrogen-bond donors (Lipinski definition) is 2. The van der Waals surface area contributed by atoms with Crippen LogP contribution < -0.4 is 5.32 Å². The third-order valence-corrected chi connectivity index (χ3v) is 6.08. The summed E-state index contributed by atoms with van der Waals surface area (Å²) in [7, 11) is 1.93. The summed E-state index contributed by atoms with van der Waals surface area (Å²) >= 11 is 1.69. The van der Waals surface area contributed by atoms with E-state index in [2.05, 4.69) is 59.0 Å². The third kappa shape index (κ3) is 5.64. The first-order valence-electron chi connectivity index (χ1n) is 9.40. The normalized spacial score (nSPS) is 18.0. The smallest absolute Gasteiger partial charge is 0.233 e. The first-order chi connectivity index (χ1) is 12.0. The fraction of sp³-hybridized carbons (Fsp3) is 0.667. The van der Waals surface area contributed by atoms with Crippen molar-refractivity contribution in [3.63, 3.8) is 0 Å². The van der Waals surface area contributed by atoms with Crippen molar-refractivity contribution in [3.8, 4) is 5.75 Å². The van der Waals surface area contributed by atoms with Gasteiger partial charge in [0.05, 0.1) is 5.75 Å². The van der Waals surface area contributed by atoms with E-state index in [9.17, 15) is 9.90 Å². The van der Waals surface area contributed by atoms with Crippen LogP contribution in [0.4, 0.5) is 0 Å². The largest absolute Gasteiger partial charge is 0.507 e. The summed E-state index contributed by atoms with van der Waals surface area (Å²) in [6.45, 7) is 14.4. The zero-order chi connectivity index (χ0) is 19.7. The molecule has 1 aromatic rings. The number of nitrogens with zero attached hydrogens (tertiary/aromatic N) is 1. The first-order valence-corrected chi connectivity index (χ1v) is 10.4. The van der Waals surface area contributed by atoms with E-state index in [0.29, 0.717) is 11.5 Å². The van der Waals surface area contributed by atoms with Gasteiger partial charge in [-0.05, 0) is 59.7 Å². The molecular weight excluding hydrogens is 424 g/mol. The SMILES string of the molecule is Br.CNCCCN1C(=O)CSC1c1cc(C(C)(C)C)c(O)c(C(C)(C)C)c1. The number of phenolic OH excluding ortho intramolecular Hbond substituents is 1. The van der Waals surface area contributed by atoms with Gasteiger partial charge >= 0.3 is 0 Å². The number of nitrogens with one attached hydrogen (secondary N) is 1. The Bertz CT molecular complexity index is 630. The van der Waals surface area contributed by atoms with Gasteiger partial charge in [0, 0.05) is 6.54 Å². The fourth-order valence-electron chi connectivity index (χ4n) is 3.34. The molecule has 27 heavy (non-hydrogen) atoms. The molecule has 1 atom stereocenters. The number of phenols is 1. The highest BCUT2D eigenvalue weighted by Crippen LogP contribution is 2.45. The Morgan fingerprint density at radius 1 is 1.15 bits per heavy atom. The Labute approximate surface area is 179 Å². The zero-order valence-corrected chi connectivity index (χ0v) is 20.2. The van der Waals surface area contributed by atoms with Crippen molar-refractivity contribution < 1.29 is 9.90 Å². The highest BCUT2D eigenvalue weighted by molar-refractivity contribution is 8.93. The summed E-state index contributed by atoms with van der Waals surface area (Å²) in [6.07, 6.45) is 0.940. The Kier molecular flexibility index (Phi) is 8.27. The molecule has 1 aliphatic rings. The molecule has 0 spiro atoms. The van der Waals surface area contributed by atoms with Crippen LogP contribution in [0.5, 0.6) is 5.75 Å².